The van der Waals surface area contributed by atoms with Gasteiger partial charge in [-0.2, -0.15) is 79.0 Å². The number of ether oxygens (including phenoxy) is 13. The van der Waals surface area contributed by atoms with Crippen molar-refractivity contribution in [2.24, 2.45) is 47.3 Å². The van der Waals surface area contributed by atoms with Crippen molar-refractivity contribution in [3.63, 3.8) is 0 Å². The van der Waals surface area contributed by atoms with Crippen LogP contribution in [-0.4, -0.2) is 188 Å². The van der Waals surface area contributed by atoms with Crippen molar-refractivity contribution in [3.8, 4) is 16.7 Å². The normalized spacial score (nSPS) is 24.5. The molecular formula is C78H72F18NO33S2-9. The molecule has 0 radical (unpaired) electrons. The monoisotopic (exact) mass is 1960 g/mol. The highest BCUT2D eigenvalue weighted by molar-refractivity contribution is 8.00. The number of benzene rings is 3. The van der Waals surface area contributed by atoms with E-state index in [0.717, 1.165) is 84.3 Å². The Balaban J connectivity index is 0.000000204. The lowest BCUT2D eigenvalue weighted by Crippen LogP contribution is -2.47. The first-order chi connectivity index (χ1) is 61.3. The Hall–Kier alpha value is -10.8. The Labute approximate surface area is 738 Å². The van der Waals surface area contributed by atoms with E-state index in [9.17, 15) is 178 Å². The summed E-state index contributed by atoms with van der Waals surface area (Å²) in [7, 11) is 0. The van der Waals surface area contributed by atoms with Gasteiger partial charge in [0.1, 0.15) is 47.0 Å². The third kappa shape index (κ3) is 32.0. The fraction of sp³-hybridized carbons (Fsp3) is 0.564. The van der Waals surface area contributed by atoms with Crippen LogP contribution in [0.2, 0.25) is 0 Å². The molecule has 0 N–H and O–H groups in total. The van der Waals surface area contributed by atoms with E-state index in [4.69, 9.17) is 4.74 Å². The van der Waals surface area contributed by atoms with E-state index in [-0.39, 0.29) is 46.9 Å². The van der Waals surface area contributed by atoms with Gasteiger partial charge in [-0.25, -0.2) is 9.78 Å². The van der Waals surface area contributed by atoms with Crippen molar-refractivity contribution >= 4 is 110 Å². The van der Waals surface area contributed by atoms with E-state index in [1.54, 1.807) is 6.07 Å². The van der Waals surface area contributed by atoms with Crippen LogP contribution in [0.25, 0.3) is 21.5 Å². The molecule has 54 heteroatoms. The number of aliphatic carboxylic acids is 9. The topological polar surface area (TPSA) is 528 Å². The summed E-state index contributed by atoms with van der Waals surface area (Å²) < 4.78 is 279. The highest BCUT2D eigenvalue weighted by Gasteiger charge is 2.61. The second-order valence-electron chi connectivity index (χ2n) is 29.8. The molecule has 3 aromatic carbocycles. The van der Waals surface area contributed by atoms with Gasteiger partial charge in [0.25, 0.3) is 0 Å². The van der Waals surface area contributed by atoms with Crippen LogP contribution in [-0.2, 0) is 95.3 Å². The molecule has 10 aliphatic rings. The maximum Gasteiger partial charge on any atom is 0.510 e. The molecule has 34 nitrogen and oxygen atoms in total. The smallest absolute Gasteiger partial charge is 0.510 e. The number of pyridine rings is 1. The molecule has 2 aromatic heterocycles. The molecule has 6 aliphatic carbocycles. The first-order valence-electron chi connectivity index (χ1n) is 38.9. The summed E-state index contributed by atoms with van der Waals surface area (Å²) in [4.78, 5) is 115. The quantitative estimate of drug-likeness (QED) is 0.0413. The van der Waals surface area contributed by atoms with Crippen LogP contribution < -0.4 is 60.2 Å². The maximum absolute atomic E-state index is 13.0. The number of esters is 1. The number of cyclic esters (lactones) is 3. The van der Waals surface area contributed by atoms with Crippen molar-refractivity contribution in [2.75, 3.05) is 25.6 Å². The first-order valence-corrected chi connectivity index (χ1v) is 40.8. The second kappa shape index (κ2) is 46.2. The lowest BCUT2D eigenvalue weighted by molar-refractivity contribution is -0.379. The van der Waals surface area contributed by atoms with Gasteiger partial charge in [-0.15, -0.1) is 23.1 Å². The molecule has 0 spiro atoms. The Morgan fingerprint density at radius 1 is 0.394 bits per heavy atom. The van der Waals surface area contributed by atoms with Gasteiger partial charge in [0.2, 0.25) is 12.2 Å². The number of fused-ring (bicyclic) bond motifs is 10. The van der Waals surface area contributed by atoms with Gasteiger partial charge in [-0.1, -0.05) is 62.1 Å². The van der Waals surface area contributed by atoms with E-state index in [0.29, 0.717) is 81.3 Å². The number of hydrogen-bond acceptors (Lipinski definition) is 36. The molecule has 14 unspecified atom stereocenters. The van der Waals surface area contributed by atoms with Crippen molar-refractivity contribution < 1.29 is 239 Å². The predicted molar refractivity (Wildman–Crippen MR) is 379 cm³/mol. The first kappa shape index (κ1) is 108. The molecule has 6 heterocycles. The number of thioether (sulfide) groups is 1. The average molecular weight is 1960 g/mol. The molecule has 4 saturated heterocycles. The molecule has 0 amide bonds. The number of nitrogens with zero attached hydrogens (tertiary/aromatic N) is 1. The number of carboxylic acids is 9. The number of thiophene rings is 1. The van der Waals surface area contributed by atoms with Crippen LogP contribution in [0.3, 0.4) is 0 Å². The SMILES string of the molecule is O=C([O-])C(F)(F)OC1CC2CCC1C2.O=C([O-])C(F)(F)OC1CCC2CCCCC2C1.O=C([O-])C(F)(F)OC1CCCO1.O=C([O-])C(F)(F)OC1CCCS1.O=C([O-])C(F)(F)Oc1ccc2cc3ccccc3cc2c1.O=C([O-])C(F)(F)Oc1ccccn1.O=C([O-])C(F)(F)Oc1cccs1.O=C1OCC(OC(F)(F)C(=O)[O-])O1.O=C1OCC2C3CC(OC(F)(F)C(=O)[O-])C(C3)C12. The van der Waals surface area contributed by atoms with E-state index in [1.807, 2.05) is 36.4 Å². The third-order valence-corrected chi connectivity index (χ3v) is 22.7. The second-order valence-corrected chi connectivity index (χ2v) is 31.9. The maximum atomic E-state index is 13.0. The molecule has 10 fully saturated rings. The molecule has 132 heavy (non-hydrogen) atoms. The van der Waals surface area contributed by atoms with Crippen LogP contribution in [0.1, 0.15) is 109 Å². The number of carbonyl (C=O) groups excluding carboxylic acids is 11. The van der Waals surface area contributed by atoms with E-state index >= 15 is 0 Å². The van der Waals surface area contributed by atoms with Crippen molar-refractivity contribution in [1.29, 1.82) is 0 Å². The lowest BCUT2D eigenvalue weighted by Gasteiger charge is -2.40. The summed E-state index contributed by atoms with van der Waals surface area (Å²) in [5, 5.41) is 94.4. The average Bonchev–Trinajstić information content (AvgIpc) is 1.58. The van der Waals surface area contributed by atoms with Gasteiger partial charge in [0.15, 0.2) is 35.9 Å². The summed E-state index contributed by atoms with van der Waals surface area (Å²) in [5.41, 5.74) is -0.710. The minimum atomic E-state index is -4.50. The summed E-state index contributed by atoms with van der Waals surface area (Å²) in [6.45, 7) is 0.0732. The molecule has 15 rings (SSSR count). The minimum absolute atomic E-state index is 0.0823. The summed E-state index contributed by atoms with van der Waals surface area (Å²) in [6, 6.07) is 22.3. The lowest BCUT2D eigenvalue weighted by atomic mass is 9.70. The number of carboxylic acid groups (broad SMARTS) is 9. The number of rotatable bonds is 27. The van der Waals surface area contributed by atoms with E-state index in [1.165, 1.54) is 72.6 Å². The van der Waals surface area contributed by atoms with E-state index < -0.39 is 170 Å². The number of carbonyl (C=O) groups is 11. The summed E-state index contributed by atoms with van der Waals surface area (Å²) in [5.74, 6) is -22.2. The molecule has 14 atom stereocenters. The van der Waals surface area contributed by atoms with Gasteiger partial charge in [0, 0.05) is 31.2 Å². The van der Waals surface area contributed by atoms with Gasteiger partial charge in [0.05, 0.1) is 30.8 Å². The van der Waals surface area contributed by atoms with Gasteiger partial charge < -0.3 is 141 Å². The molecule has 6 saturated carbocycles. The Morgan fingerprint density at radius 3 is 1.41 bits per heavy atom. The number of hydrogen-bond donors (Lipinski definition) is 0. The van der Waals surface area contributed by atoms with Crippen LogP contribution in [0.15, 0.2) is 96.5 Å². The van der Waals surface area contributed by atoms with Crippen LogP contribution >= 0.6 is 23.1 Å². The standard InChI is InChI=1S/C16H10F2O3.C12H18F2O3.C11H12F2O5.C9H12F2O3.C7H5F2NO3.C6H8F2O4.C6H8F2O3S.C6H4F2O3S.C5H4F2O6/c17-16(18,15(19)20)21-14-6-5-12-7-10-3-1-2-4-11(10)8-13(12)9-14;13-12(14,11(15)16)17-10-6-5-8-3-1-2-4-9(8)7-10;12-11(13,10(15)16)18-7-2-4-1-5(7)8-6(4)3-17-9(8)14;10-9(11,8(12)13)14-7-4-5-1-2-6(7)3-5;8-7(9,6(11)12)13-5-3-1-2-4-10-5;7-6(8,5(9)10)12-4-2-1-3-11-4;2*7-6(8,5(9)10)11-4-2-1-3-12-4;6-5(7,3(8)9)13-2-1-11-4(10)12-2/h1-9H,(H,19,20);8-10H,1-7H2,(H,15,16);4-8H,1-3H2,(H,15,16);5-7H,1-4H2,(H,12,13);1-4H,(H,11,12);2*4H,1-3H2,(H,9,10);1-3H,(H,9,10);2H,1H2,(H,8,9)/p-9. The van der Waals surface area contributed by atoms with Crippen LogP contribution in [0, 0.1) is 47.3 Å². The Kier molecular flexibility index (Phi) is 37.9. The van der Waals surface area contributed by atoms with Gasteiger partial charge in [-0.05, 0) is 188 Å². The highest BCUT2D eigenvalue weighted by atomic mass is 32.2. The predicted octanol–water partition coefficient (Wildman–Crippen LogP) is 3.29. The fourth-order valence-electron chi connectivity index (χ4n) is 14.9. The van der Waals surface area contributed by atoms with Crippen LogP contribution in [0.5, 0.6) is 16.7 Å². The summed E-state index contributed by atoms with van der Waals surface area (Å²) in [6.07, 6.45) is -30.4. The zero-order valence-electron chi connectivity index (χ0n) is 67.2. The highest BCUT2D eigenvalue weighted by Crippen LogP contribution is 2.57. The third-order valence-electron chi connectivity index (χ3n) is 20.7. The van der Waals surface area contributed by atoms with Crippen LogP contribution in [0.4, 0.5) is 83.8 Å². The largest absolute Gasteiger partial charge is 0.542 e. The van der Waals surface area contributed by atoms with Crippen molar-refractivity contribution in [2.45, 2.75) is 200 Å². The minimum Gasteiger partial charge on any atom is -0.542 e. The van der Waals surface area contributed by atoms with Gasteiger partial charge in [-0.3, -0.25) is 14.3 Å². The molecule has 5 aromatic rings. The Bertz CT molecular complexity index is 4710. The van der Waals surface area contributed by atoms with E-state index in [2.05, 4.69) is 61.8 Å². The number of halogens is 18. The number of alkyl halides is 18. The Morgan fingerprint density at radius 2 is 0.909 bits per heavy atom. The van der Waals surface area contributed by atoms with Crippen molar-refractivity contribution in [1.82, 2.24) is 4.98 Å². The van der Waals surface area contributed by atoms with Crippen molar-refractivity contribution in [3.05, 3.63) is 96.5 Å². The molecule has 4 bridgehead atoms. The molecule has 734 valence electrons. The fourth-order valence-corrected chi connectivity index (χ4v) is 16.7. The molecule has 4 aliphatic heterocycles. The van der Waals surface area contributed by atoms with Gasteiger partial charge >= 0.3 is 67.1 Å². The zero-order chi connectivity index (χ0) is 98.5. The molecular weight excluding hydrogens is 1880 g/mol. The zero-order valence-corrected chi connectivity index (χ0v) is 68.8. The number of aromatic nitrogens is 1. The summed E-state index contributed by atoms with van der Waals surface area (Å²) >= 11 is 2.07.